The van der Waals surface area contributed by atoms with Crippen LogP contribution in [0, 0.1) is 0 Å². The molecule has 1 aromatic rings. The van der Waals surface area contributed by atoms with Gasteiger partial charge in [0, 0.05) is 57.8 Å². The Bertz CT molecular complexity index is 437. The quantitative estimate of drug-likeness (QED) is 0.866. The third-order valence-corrected chi connectivity index (χ3v) is 4.34. The number of nitrogens with one attached hydrogen (secondary N) is 1. The van der Waals surface area contributed by atoms with E-state index in [1.165, 1.54) is 30.2 Å². The lowest BCUT2D eigenvalue weighted by Crippen LogP contribution is -2.37. The number of aryl methyl sites for hydroxylation is 1. The van der Waals surface area contributed by atoms with Crippen molar-refractivity contribution in [1.29, 1.82) is 0 Å². The van der Waals surface area contributed by atoms with Gasteiger partial charge in [0.05, 0.1) is 18.9 Å². The minimum atomic E-state index is 0.895. The molecule has 3 rings (SSSR count). The molecule has 1 aromatic heterocycles. The Kier molecular flexibility index (Phi) is 4.70. The summed E-state index contributed by atoms with van der Waals surface area (Å²) in [6.45, 7) is 10.5. The highest BCUT2D eigenvalue weighted by atomic mass is 16.5. The summed E-state index contributed by atoms with van der Waals surface area (Å²) in [5.74, 6) is 1.26. The van der Waals surface area contributed by atoms with Gasteiger partial charge in [-0.2, -0.15) is 0 Å². The minimum absolute atomic E-state index is 0.895. The van der Waals surface area contributed by atoms with Gasteiger partial charge in [-0.3, -0.25) is 4.90 Å². The predicted octanol–water partition coefficient (Wildman–Crippen LogP) is 0.813. The van der Waals surface area contributed by atoms with Crippen LogP contribution in [0.1, 0.15) is 30.6 Å². The van der Waals surface area contributed by atoms with E-state index in [1.54, 1.807) is 0 Å². The fraction of sp³-hybridized carbons (Fsp3) is 0.800. The zero-order valence-corrected chi connectivity index (χ0v) is 12.5. The van der Waals surface area contributed by atoms with Crippen molar-refractivity contribution in [2.75, 3.05) is 39.4 Å². The topological polar surface area (TPSA) is 42.3 Å². The summed E-state index contributed by atoms with van der Waals surface area (Å²) in [6, 6.07) is 0. The lowest BCUT2D eigenvalue weighted by atomic mass is 10.2. The molecule has 0 aliphatic carbocycles. The number of fused-ring (bicyclic) bond motifs is 1. The molecule has 0 saturated carbocycles. The van der Waals surface area contributed by atoms with Gasteiger partial charge in [0.2, 0.25) is 0 Å². The molecule has 5 heteroatoms. The third kappa shape index (κ3) is 3.05. The van der Waals surface area contributed by atoms with E-state index in [4.69, 9.17) is 9.72 Å². The molecular weight excluding hydrogens is 252 g/mol. The van der Waals surface area contributed by atoms with E-state index >= 15 is 0 Å². The molecule has 2 aliphatic rings. The van der Waals surface area contributed by atoms with E-state index < -0.39 is 0 Å². The Labute approximate surface area is 121 Å². The summed E-state index contributed by atoms with van der Waals surface area (Å²) < 4.78 is 7.88. The van der Waals surface area contributed by atoms with E-state index in [0.29, 0.717) is 0 Å². The Balaban J connectivity index is 1.59. The van der Waals surface area contributed by atoms with E-state index in [2.05, 4.69) is 21.7 Å². The molecule has 1 fully saturated rings. The standard InChI is InChI=1S/C15H26N4O/c1-2-15-17-13-12-16-5-4-14(13)19(15)7-3-6-18-8-10-20-11-9-18/h16H,2-12H2,1H3. The van der Waals surface area contributed by atoms with Crippen molar-refractivity contribution in [3.8, 4) is 0 Å². The van der Waals surface area contributed by atoms with Gasteiger partial charge in [-0.15, -0.1) is 0 Å². The largest absolute Gasteiger partial charge is 0.379 e. The van der Waals surface area contributed by atoms with Gasteiger partial charge >= 0.3 is 0 Å². The number of hydrogen-bond acceptors (Lipinski definition) is 4. The molecule has 1 N–H and O–H groups in total. The van der Waals surface area contributed by atoms with E-state index in [1.807, 2.05) is 0 Å². The van der Waals surface area contributed by atoms with Crippen LogP contribution in [0.3, 0.4) is 0 Å². The third-order valence-electron chi connectivity index (χ3n) is 4.34. The number of imidazole rings is 1. The molecule has 0 amide bonds. The summed E-state index contributed by atoms with van der Waals surface area (Å²) >= 11 is 0. The van der Waals surface area contributed by atoms with Crippen LogP contribution in [0.5, 0.6) is 0 Å². The van der Waals surface area contributed by atoms with E-state index in [-0.39, 0.29) is 0 Å². The number of nitrogens with zero attached hydrogens (tertiary/aromatic N) is 3. The molecule has 112 valence electrons. The summed E-state index contributed by atoms with van der Waals surface area (Å²) in [6.07, 6.45) is 3.37. The molecule has 0 aromatic carbocycles. The molecule has 0 radical (unpaired) electrons. The highest BCUT2D eigenvalue weighted by molar-refractivity contribution is 5.20. The molecule has 2 aliphatic heterocycles. The van der Waals surface area contributed by atoms with Crippen LogP contribution < -0.4 is 5.32 Å². The molecule has 0 atom stereocenters. The Morgan fingerprint density at radius 2 is 2.10 bits per heavy atom. The number of aromatic nitrogens is 2. The maximum Gasteiger partial charge on any atom is 0.108 e. The van der Waals surface area contributed by atoms with Gasteiger partial charge in [-0.1, -0.05) is 6.92 Å². The van der Waals surface area contributed by atoms with Crippen molar-refractivity contribution >= 4 is 0 Å². The van der Waals surface area contributed by atoms with Crippen molar-refractivity contribution in [3.05, 3.63) is 17.2 Å². The second-order valence-corrected chi connectivity index (χ2v) is 5.66. The smallest absolute Gasteiger partial charge is 0.108 e. The van der Waals surface area contributed by atoms with E-state index in [0.717, 1.165) is 58.8 Å². The van der Waals surface area contributed by atoms with Crippen molar-refractivity contribution in [2.45, 2.75) is 39.3 Å². The lowest BCUT2D eigenvalue weighted by Gasteiger charge is -2.26. The first-order valence-electron chi connectivity index (χ1n) is 7.96. The fourth-order valence-electron chi connectivity index (χ4n) is 3.24. The number of rotatable bonds is 5. The average molecular weight is 278 g/mol. The van der Waals surface area contributed by atoms with E-state index in [9.17, 15) is 0 Å². The van der Waals surface area contributed by atoms with Gasteiger partial charge in [0.25, 0.3) is 0 Å². The zero-order chi connectivity index (χ0) is 13.8. The van der Waals surface area contributed by atoms with Crippen LogP contribution >= 0.6 is 0 Å². The lowest BCUT2D eigenvalue weighted by molar-refractivity contribution is 0.0369. The Hall–Kier alpha value is -0.910. The van der Waals surface area contributed by atoms with Crippen molar-refractivity contribution in [1.82, 2.24) is 19.8 Å². The molecule has 0 spiro atoms. The van der Waals surface area contributed by atoms with Crippen LogP contribution in [0.15, 0.2) is 0 Å². The highest BCUT2D eigenvalue weighted by Crippen LogP contribution is 2.17. The van der Waals surface area contributed by atoms with Crippen LogP contribution in [-0.4, -0.2) is 53.8 Å². The Morgan fingerprint density at radius 3 is 2.90 bits per heavy atom. The van der Waals surface area contributed by atoms with Crippen LogP contribution in [0.25, 0.3) is 0 Å². The first-order chi connectivity index (χ1) is 9.88. The van der Waals surface area contributed by atoms with Gasteiger partial charge in [-0.05, 0) is 6.42 Å². The maximum absolute atomic E-state index is 5.40. The maximum atomic E-state index is 5.40. The van der Waals surface area contributed by atoms with Crippen molar-refractivity contribution in [3.63, 3.8) is 0 Å². The first kappa shape index (κ1) is 14.0. The molecule has 0 bridgehead atoms. The highest BCUT2D eigenvalue weighted by Gasteiger charge is 2.18. The SMILES string of the molecule is CCc1nc2c(n1CCCN1CCOCC1)CCNC2. The Morgan fingerprint density at radius 1 is 1.25 bits per heavy atom. The monoisotopic (exact) mass is 278 g/mol. The molecular formula is C15H26N4O. The summed E-state index contributed by atoms with van der Waals surface area (Å²) in [4.78, 5) is 7.32. The zero-order valence-electron chi connectivity index (χ0n) is 12.5. The van der Waals surface area contributed by atoms with Crippen LogP contribution in [0.2, 0.25) is 0 Å². The van der Waals surface area contributed by atoms with Gasteiger partial charge < -0.3 is 14.6 Å². The number of hydrogen-bond donors (Lipinski definition) is 1. The number of ether oxygens (including phenoxy) is 1. The normalized spacial score (nSPS) is 20.1. The molecule has 1 saturated heterocycles. The average Bonchev–Trinajstić information content (AvgIpc) is 2.87. The summed E-state index contributed by atoms with van der Waals surface area (Å²) in [5, 5.41) is 3.42. The molecule has 20 heavy (non-hydrogen) atoms. The van der Waals surface area contributed by atoms with Crippen LogP contribution in [0.4, 0.5) is 0 Å². The van der Waals surface area contributed by atoms with Gasteiger partial charge in [-0.25, -0.2) is 4.98 Å². The van der Waals surface area contributed by atoms with Gasteiger partial charge in [0.1, 0.15) is 5.82 Å². The predicted molar refractivity (Wildman–Crippen MR) is 78.9 cm³/mol. The van der Waals surface area contributed by atoms with Crippen molar-refractivity contribution in [2.24, 2.45) is 0 Å². The van der Waals surface area contributed by atoms with Crippen molar-refractivity contribution < 1.29 is 4.74 Å². The number of morpholine rings is 1. The van der Waals surface area contributed by atoms with Crippen LogP contribution in [-0.2, 0) is 30.7 Å². The summed E-state index contributed by atoms with van der Waals surface area (Å²) in [5.41, 5.74) is 2.75. The van der Waals surface area contributed by atoms with Gasteiger partial charge in [0.15, 0.2) is 0 Å². The molecule has 0 unspecified atom stereocenters. The fourth-order valence-corrected chi connectivity index (χ4v) is 3.24. The second kappa shape index (κ2) is 6.70. The molecule has 3 heterocycles. The molecule has 5 nitrogen and oxygen atoms in total. The minimum Gasteiger partial charge on any atom is -0.379 e. The summed E-state index contributed by atoms with van der Waals surface area (Å²) in [7, 11) is 0. The second-order valence-electron chi connectivity index (χ2n) is 5.66. The first-order valence-corrected chi connectivity index (χ1v) is 7.96.